The van der Waals surface area contributed by atoms with E-state index in [9.17, 15) is 22.8 Å². The highest BCUT2D eigenvalue weighted by Crippen LogP contribution is 2.36. The molecule has 2 N–H and O–H groups in total. The second kappa shape index (κ2) is 7.42. The van der Waals surface area contributed by atoms with Crippen LogP contribution in [-0.4, -0.2) is 18.4 Å². The van der Waals surface area contributed by atoms with E-state index >= 15 is 0 Å². The zero-order chi connectivity index (χ0) is 19.6. The van der Waals surface area contributed by atoms with E-state index in [-0.39, 0.29) is 24.3 Å². The number of hydrogen-bond acceptors (Lipinski definition) is 2. The van der Waals surface area contributed by atoms with Crippen LogP contribution < -0.4 is 10.6 Å². The van der Waals surface area contributed by atoms with Crippen molar-refractivity contribution in [1.29, 1.82) is 0 Å². The van der Waals surface area contributed by atoms with Gasteiger partial charge >= 0.3 is 6.18 Å². The molecule has 142 valence electrons. The molecule has 0 radical (unpaired) electrons. The third-order valence-corrected chi connectivity index (χ3v) is 4.82. The second-order valence-electron chi connectivity index (χ2n) is 6.50. The smallest absolute Gasteiger partial charge is 0.369 e. The van der Waals surface area contributed by atoms with Crippen molar-refractivity contribution >= 4 is 17.5 Å². The molecule has 1 aliphatic heterocycles. The number of anilines is 1. The van der Waals surface area contributed by atoms with Gasteiger partial charge in [0.15, 0.2) is 0 Å². The van der Waals surface area contributed by atoms with E-state index in [0.717, 1.165) is 6.07 Å². The number of aryl methyl sites for hydroxylation is 1. The molecule has 1 heterocycles. The minimum atomic E-state index is -4.45. The molecule has 27 heavy (non-hydrogen) atoms. The van der Waals surface area contributed by atoms with E-state index in [0.29, 0.717) is 24.2 Å². The fourth-order valence-corrected chi connectivity index (χ4v) is 3.51. The number of nitrogens with two attached hydrogens (primary N) is 1. The standard InChI is InChI=1S/C20H19F3N2O2/c21-20(22,23)16-7-3-1-5-13(16)9-10-18(26)25-12-11-15(19(24)27)14-6-2-4-8-17(14)25/h1-8,15H,9-12H2,(H2,24,27). The molecule has 0 bridgehead atoms. The van der Waals surface area contributed by atoms with Crippen molar-refractivity contribution in [2.24, 2.45) is 5.73 Å². The largest absolute Gasteiger partial charge is 0.416 e. The minimum absolute atomic E-state index is 0.00751. The molecule has 1 aliphatic rings. The Bertz CT molecular complexity index is 864. The molecule has 0 saturated carbocycles. The Morgan fingerprint density at radius 1 is 1.07 bits per heavy atom. The number of carbonyl (C=O) groups is 2. The highest BCUT2D eigenvalue weighted by atomic mass is 19.4. The second-order valence-corrected chi connectivity index (χ2v) is 6.50. The van der Waals surface area contributed by atoms with E-state index < -0.39 is 23.6 Å². The van der Waals surface area contributed by atoms with Crippen LogP contribution in [0.25, 0.3) is 0 Å². The van der Waals surface area contributed by atoms with Gasteiger partial charge < -0.3 is 10.6 Å². The Morgan fingerprint density at radius 2 is 1.74 bits per heavy atom. The van der Waals surface area contributed by atoms with Crippen LogP contribution in [0.3, 0.4) is 0 Å². The van der Waals surface area contributed by atoms with Crippen molar-refractivity contribution in [3.05, 3.63) is 65.2 Å². The van der Waals surface area contributed by atoms with Gasteiger partial charge in [0, 0.05) is 18.7 Å². The summed E-state index contributed by atoms with van der Waals surface area (Å²) in [4.78, 5) is 25.9. The van der Waals surface area contributed by atoms with Crippen LogP contribution in [-0.2, 0) is 22.2 Å². The van der Waals surface area contributed by atoms with Crippen LogP contribution in [0.2, 0.25) is 0 Å². The lowest BCUT2D eigenvalue weighted by molar-refractivity contribution is -0.138. The summed E-state index contributed by atoms with van der Waals surface area (Å²) in [5.41, 5.74) is 6.11. The van der Waals surface area contributed by atoms with Gasteiger partial charge in [-0.15, -0.1) is 0 Å². The minimum Gasteiger partial charge on any atom is -0.369 e. The number of fused-ring (bicyclic) bond motifs is 1. The van der Waals surface area contributed by atoms with Gasteiger partial charge in [-0.2, -0.15) is 13.2 Å². The van der Waals surface area contributed by atoms with Crippen LogP contribution in [0.15, 0.2) is 48.5 Å². The molecule has 0 spiro atoms. The van der Waals surface area contributed by atoms with Crippen molar-refractivity contribution in [1.82, 2.24) is 0 Å². The Morgan fingerprint density at radius 3 is 2.44 bits per heavy atom. The van der Waals surface area contributed by atoms with Crippen molar-refractivity contribution < 1.29 is 22.8 Å². The molecule has 0 aliphatic carbocycles. The van der Waals surface area contributed by atoms with E-state index in [2.05, 4.69) is 0 Å². The first kappa shape index (κ1) is 18.9. The van der Waals surface area contributed by atoms with Gasteiger partial charge in [-0.05, 0) is 36.1 Å². The topological polar surface area (TPSA) is 63.4 Å². The van der Waals surface area contributed by atoms with Gasteiger partial charge in [0.05, 0.1) is 11.5 Å². The summed E-state index contributed by atoms with van der Waals surface area (Å²) in [6, 6.07) is 12.3. The van der Waals surface area contributed by atoms with Gasteiger partial charge in [0.1, 0.15) is 0 Å². The van der Waals surface area contributed by atoms with Crippen LogP contribution in [0, 0.1) is 0 Å². The van der Waals surface area contributed by atoms with Crippen LogP contribution in [0.4, 0.5) is 18.9 Å². The fourth-order valence-electron chi connectivity index (χ4n) is 3.51. The summed E-state index contributed by atoms with van der Waals surface area (Å²) in [7, 11) is 0. The molecule has 4 nitrogen and oxygen atoms in total. The Balaban J connectivity index is 1.78. The number of benzene rings is 2. The number of alkyl halides is 3. The molecule has 0 aromatic heterocycles. The predicted molar refractivity (Wildman–Crippen MR) is 95.1 cm³/mol. The summed E-state index contributed by atoms with van der Waals surface area (Å²) >= 11 is 0. The van der Waals surface area contributed by atoms with Gasteiger partial charge in [-0.1, -0.05) is 36.4 Å². The maximum Gasteiger partial charge on any atom is 0.416 e. The van der Waals surface area contributed by atoms with Crippen molar-refractivity contribution in [3.63, 3.8) is 0 Å². The third kappa shape index (κ3) is 3.97. The van der Waals surface area contributed by atoms with E-state index in [1.807, 2.05) is 0 Å². The summed E-state index contributed by atoms with van der Waals surface area (Å²) < 4.78 is 39.3. The lowest BCUT2D eigenvalue weighted by Gasteiger charge is -2.33. The highest BCUT2D eigenvalue weighted by molar-refractivity contribution is 5.97. The van der Waals surface area contributed by atoms with E-state index in [1.165, 1.54) is 23.1 Å². The molecular formula is C20H19F3N2O2. The number of carbonyl (C=O) groups excluding carboxylic acids is 2. The number of para-hydroxylation sites is 1. The van der Waals surface area contributed by atoms with E-state index in [4.69, 9.17) is 5.73 Å². The van der Waals surface area contributed by atoms with Crippen LogP contribution in [0.1, 0.15) is 35.4 Å². The molecule has 1 atom stereocenters. The Kier molecular flexibility index (Phi) is 5.21. The fraction of sp³-hybridized carbons (Fsp3) is 0.300. The first-order valence-corrected chi connectivity index (χ1v) is 8.62. The SMILES string of the molecule is NC(=O)C1CCN(C(=O)CCc2ccccc2C(F)(F)F)c2ccccc21. The maximum absolute atomic E-state index is 13.1. The van der Waals surface area contributed by atoms with E-state index in [1.54, 1.807) is 24.3 Å². The number of hydrogen-bond donors (Lipinski definition) is 1. The van der Waals surface area contributed by atoms with Gasteiger partial charge in [0.25, 0.3) is 0 Å². The van der Waals surface area contributed by atoms with Crippen LogP contribution >= 0.6 is 0 Å². The Hall–Kier alpha value is -2.83. The number of amides is 2. The molecule has 1 unspecified atom stereocenters. The summed E-state index contributed by atoms with van der Waals surface area (Å²) in [6.07, 6.45) is -4.11. The predicted octanol–water partition coefficient (Wildman–Crippen LogP) is 3.64. The first-order chi connectivity index (χ1) is 12.8. The average Bonchev–Trinajstić information content (AvgIpc) is 2.64. The molecule has 2 aromatic carbocycles. The number of nitrogens with zero attached hydrogens (tertiary/aromatic N) is 1. The lowest BCUT2D eigenvalue weighted by atomic mass is 9.89. The van der Waals surface area contributed by atoms with Gasteiger partial charge in [0.2, 0.25) is 11.8 Å². The van der Waals surface area contributed by atoms with Crippen LogP contribution in [0.5, 0.6) is 0 Å². The molecule has 7 heteroatoms. The highest BCUT2D eigenvalue weighted by Gasteiger charge is 2.34. The summed E-state index contributed by atoms with van der Waals surface area (Å²) in [5.74, 6) is -1.19. The summed E-state index contributed by atoms with van der Waals surface area (Å²) in [5, 5.41) is 0. The number of rotatable bonds is 4. The lowest BCUT2D eigenvalue weighted by Crippen LogP contribution is -2.39. The normalized spacial score (nSPS) is 16.7. The molecule has 0 saturated heterocycles. The quantitative estimate of drug-likeness (QED) is 0.885. The molecule has 0 fully saturated rings. The zero-order valence-electron chi connectivity index (χ0n) is 14.5. The van der Waals surface area contributed by atoms with Crippen molar-refractivity contribution in [2.45, 2.75) is 31.4 Å². The van der Waals surface area contributed by atoms with Crippen molar-refractivity contribution in [3.8, 4) is 0 Å². The van der Waals surface area contributed by atoms with Gasteiger partial charge in [-0.25, -0.2) is 0 Å². The zero-order valence-corrected chi connectivity index (χ0v) is 14.5. The van der Waals surface area contributed by atoms with Crippen molar-refractivity contribution in [2.75, 3.05) is 11.4 Å². The molecule has 2 aromatic rings. The molecule has 2 amide bonds. The third-order valence-electron chi connectivity index (χ3n) is 4.82. The van der Waals surface area contributed by atoms with Gasteiger partial charge in [-0.3, -0.25) is 9.59 Å². The number of primary amides is 1. The monoisotopic (exact) mass is 376 g/mol. The molecule has 3 rings (SSSR count). The average molecular weight is 376 g/mol. The molecular weight excluding hydrogens is 357 g/mol. The number of halogens is 3. The Labute approximate surface area is 154 Å². The summed E-state index contributed by atoms with van der Waals surface area (Å²) in [6.45, 7) is 0.310. The first-order valence-electron chi connectivity index (χ1n) is 8.62. The maximum atomic E-state index is 13.1.